The number of nitrogens with zero attached hydrogens (tertiary/aromatic N) is 6. The van der Waals surface area contributed by atoms with E-state index in [1.54, 1.807) is 20.2 Å². The minimum Gasteiger partial charge on any atom is -0.383 e. The Hall–Kier alpha value is -2.76. The maximum Gasteiger partial charge on any atom is 0.261 e. The lowest BCUT2D eigenvalue weighted by atomic mass is 10.2. The van der Waals surface area contributed by atoms with E-state index in [9.17, 15) is 13.2 Å². The molecule has 0 spiro atoms. The molecule has 0 radical (unpaired) electrons. The van der Waals surface area contributed by atoms with Crippen LogP contribution in [0.15, 0.2) is 46.6 Å². The Morgan fingerprint density at radius 1 is 1.17 bits per heavy atom. The summed E-state index contributed by atoms with van der Waals surface area (Å²) in [5, 5.41) is 4.51. The van der Waals surface area contributed by atoms with E-state index < -0.39 is 10.0 Å². The zero-order chi connectivity index (χ0) is 21.3. The van der Waals surface area contributed by atoms with E-state index in [1.807, 2.05) is 12.1 Å². The summed E-state index contributed by atoms with van der Waals surface area (Å²) in [6, 6.07) is 5.54. The molecule has 0 saturated carbocycles. The molecule has 160 valence electrons. The van der Waals surface area contributed by atoms with Gasteiger partial charge in [-0.1, -0.05) is 0 Å². The molecule has 1 aliphatic rings. The third-order valence-electron chi connectivity index (χ3n) is 5.27. The molecule has 0 aliphatic carbocycles. The van der Waals surface area contributed by atoms with E-state index in [0.717, 1.165) is 5.69 Å². The molecule has 3 aromatic rings. The van der Waals surface area contributed by atoms with Crippen LogP contribution < -0.4 is 10.5 Å². The van der Waals surface area contributed by atoms with Crippen LogP contribution in [0.3, 0.4) is 0 Å². The van der Waals surface area contributed by atoms with Gasteiger partial charge in [0.25, 0.3) is 5.56 Å². The quantitative estimate of drug-likeness (QED) is 0.551. The smallest absolute Gasteiger partial charge is 0.261 e. The maximum absolute atomic E-state index is 12.8. The van der Waals surface area contributed by atoms with Crippen molar-refractivity contribution in [1.82, 2.24) is 23.6 Å². The third-order valence-corrected chi connectivity index (χ3v) is 7.12. The van der Waals surface area contributed by atoms with E-state index in [1.165, 1.54) is 32.3 Å². The summed E-state index contributed by atoms with van der Waals surface area (Å²) in [6.07, 6.45) is 4.41. The van der Waals surface area contributed by atoms with E-state index in [4.69, 9.17) is 4.74 Å². The van der Waals surface area contributed by atoms with Crippen molar-refractivity contribution >= 4 is 26.6 Å². The van der Waals surface area contributed by atoms with Crippen LogP contribution in [0.2, 0.25) is 0 Å². The summed E-state index contributed by atoms with van der Waals surface area (Å²) >= 11 is 0. The highest BCUT2D eigenvalue weighted by atomic mass is 32.2. The van der Waals surface area contributed by atoms with Gasteiger partial charge >= 0.3 is 0 Å². The van der Waals surface area contributed by atoms with Crippen molar-refractivity contribution < 1.29 is 13.2 Å². The Morgan fingerprint density at radius 3 is 2.60 bits per heavy atom. The largest absolute Gasteiger partial charge is 0.383 e. The minimum atomic E-state index is -3.54. The Kier molecular flexibility index (Phi) is 5.58. The number of methoxy groups -OCH3 is 1. The monoisotopic (exact) mass is 432 g/mol. The minimum absolute atomic E-state index is 0.101. The highest BCUT2D eigenvalue weighted by Crippen LogP contribution is 2.23. The van der Waals surface area contributed by atoms with Crippen molar-refractivity contribution in [1.29, 1.82) is 0 Å². The second-order valence-electron chi connectivity index (χ2n) is 7.18. The van der Waals surface area contributed by atoms with Crippen LogP contribution in [-0.4, -0.2) is 72.0 Å². The summed E-state index contributed by atoms with van der Waals surface area (Å²) in [5.41, 5.74) is 1.44. The van der Waals surface area contributed by atoms with Gasteiger partial charge in [-0.3, -0.25) is 14.0 Å². The molecule has 0 amide bonds. The summed E-state index contributed by atoms with van der Waals surface area (Å²) in [4.78, 5) is 19.3. The van der Waals surface area contributed by atoms with Crippen molar-refractivity contribution in [2.24, 2.45) is 7.05 Å². The number of benzene rings is 1. The first-order valence-electron chi connectivity index (χ1n) is 9.62. The van der Waals surface area contributed by atoms with Gasteiger partial charge in [-0.2, -0.15) is 9.40 Å². The molecule has 4 rings (SSSR count). The number of fused-ring (bicyclic) bond motifs is 1. The molecular formula is C19H24N6O4S. The molecule has 0 N–H and O–H groups in total. The van der Waals surface area contributed by atoms with Crippen LogP contribution in [-0.2, 0) is 28.4 Å². The van der Waals surface area contributed by atoms with Crippen molar-refractivity contribution in [2.45, 2.75) is 11.4 Å². The van der Waals surface area contributed by atoms with Gasteiger partial charge < -0.3 is 9.64 Å². The van der Waals surface area contributed by atoms with E-state index in [-0.39, 0.29) is 10.5 Å². The highest BCUT2D eigenvalue weighted by Gasteiger charge is 2.29. The number of anilines is 1. The van der Waals surface area contributed by atoms with Crippen LogP contribution in [0.1, 0.15) is 0 Å². The predicted molar refractivity (Wildman–Crippen MR) is 112 cm³/mol. The summed E-state index contributed by atoms with van der Waals surface area (Å²) in [7, 11) is -0.261. The van der Waals surface area contributed by atoms with Crippen LogP contribution in [0.5, 0.6) is 0 Å². The Labute approximate surface area is 174 Å². The van der Waals surface area contributed by atoms with Crippen molar-refractivity contribution in [3.05, 3.63) is 47.3 Å². The lowest BCUT2D eigenvalue weighted by Crippen LogP contribution is -2.48. The molecule has 2 aromatic heterocycles. The predicted octanol–water partition coefficient (Wildman–Crippen LogP) is 0.287. The Morgan fingerprint density at radius 2 is 1.93 bits per heavy atom. The number of sulfonamides is 1. The third kappa shape index (κ3) is 3.83. The van der Waals surface area contributed by atoms with Crippen molar-refractivity contribution in [3.63, 3.8) is 0 Å². The average molecular weight is 433 g/mol. The number of aromatic nitrogens is 4. The van der Waals surface area contributed by atoms with Gasteiger partial charge in [0.15, 0.2) is 0 Å². The molecule has 11 heteroatoms. The van der Waals surface area contributed by atoms with Gasteiger partial charge in [0.05, 0.1) is 36.6 Å². The number of piperazine rings is 1. The normalized spacial score (nSPS) is 15.7. The molecular weight excluding hydrogens is 408 g/mol. The molecule has 3 heterocycles. The van der Waals surface area contributed by atoms with Gasteiger partial charge in [0.1, 0.15) is 4.90 Å². The van der Waals surface area contributed by atoms with E-state index in [0.29, 0.717) is 50.2 Å². The fraction of sp³-hybridized carbons (Fsp3) is 0.421. The van der Waals surface area contributed by atoms with Gasteiger partial charge in [-0.15, -0.1) is 0 Å². The summed E-state index contributed by atoms with van der Waals surface area (Å²) in [6.45, 7) is 2.75. The second-order valence-corrected chi connectivity index (χ2v) is 9.12. The zero-order valence-electron chi connectivity index (χ0n) is 16.9. The average Bonchev–Trinajstić information content (AvgIpc) is 3.20. The fourth-order valence-corrected chi connectivity index (χ4v) is 4.97. The van der Waals surface area contributed by atoms with Crippen molar-refractivity contribution in [2.75, 3.05) is 44.8 Å². The highest BCUT2D eigenvalue weighted by molar-refractivity contribution is 7.89. The molecule has 30 heavy (non-hydrogen) atoms. The lowest BCUT2D eigenvalue weighted by Gasteiger charge is -2.35. The number of hydrogen-bond acceptors (Lipinski definition) is 7. The van der Waals surface area contributed by atoms with Gasteiger partial charge in [-0.05, 0) is 18.2 Å². The molecule has 1 aromatic carbocycles. The van der Waals surface area contributed by atoms with Crippen LogP contribution in [0.25, 0.3) is 10.9 Å². The zero-order valence-corrected chi connectivity index (χ0v) is 17.7. The van der Waals surface area contributed by atoms with Gasteiger partial charge in [-0.25, -0.2) is 13.4 Å². The van der Waals surface area contributed by atoms with Crippen LogP contribution in [0, 0.1) is 0 Å². The fourth-order valence-electron chi connectivity index (χ4n) is 3.56. The summed E-state index contributed by atoms with van der Waals surface area (Å²) in [5.74, 6) is 0. The van der Waals surface area contributed by atoms with Gasteiger partial charge in [0, 0.05) is 52.2 Å². The van der Waals surface area contributed by atoms with Crippen LogP contribution >= 0.6 is 0 Å². The molecule has 10 nitrogen and oxygen atoms in total. The first kappa shape index (κ1) is 20.5. The Bertz CT molecular complexity index is 1210. The second kappa shape index (κ2) is 8.17. The van der Waals surface area contributed by atoms with Crippen molar-refractivity contribution in [3.8, 4) is 0 Å². The Balaban J connectivity index is 1.50. The molecule has 1 saturated heterocycles. The standard InChI is InChI=1S/C19H24N6O4S/c1-22-13-16(12-21-22)30(27,28)25-7-5-23(6-8-25)15-3-4-17-18(11-15)20-14-24(19(17)26)9-10-29-2/h3-4,11-14H,5-10H2,1-2H3. The SMILES string of the molecule is COCCn1cnc2cc(N3CCN(S(=O)(=O)c4cnn(C)c4)CC3)ccc2c1=O. The summed E-state index contributed by atoms with van der Waals surface area (Å²) < 4.78 is 35.0. The maximum atomic E-state index is 12.8. The number of ether oxygens (including phenoxy) is 1. The van der Waals surface area contributed by atoms with E-state index >= 15 is 0 Å². The van der Waals surface area contributed by atoms with Crippen LogP contribution in [0.4, 0.5) is 5.69 Å². The van der Waals surface area contributed by atoms with Gasteiger partial charge in [0.2, 0.25) is 10.0 Å². The molecule has 1 fully saturated rings. The number of rotatable bonds is 6. The van der Waals surface area contributed by atoms with E-state index in [2.05, 4.69) is 15.0 Å². The molecule has 1 aliphatic heterocycles. The lowest BCUT2D eigenvalue weighted by molar-refractivity contribution is 0.186. The molecule has 0 atom stereocenters. The first-order valence-corrected chi connectivity index (χ1v) is 11.1. The number of hydrogen-bond donors (Lipinski definition) is 0. The first-order chi connectivity index (χ1) is 14.4. The molecule has 0 bridgehead atoms. The molecule has 0 unspecified atom stereocenters. The topological polar surface area (TPSA) is 103 Å². The number of aryl methyl sites for hydroxylation is 1.